The molecule has 4 N–H and O–H groups in total. The predicted octanol–water partition coefficient (Wildman–Crippen LogP) is 0.949. The van der Waals surface area contributed by atoms with Crippen LogP contribution >= 0.6 is 12.1 Å². The van der Waals surface area contributed by atoms with Gasteiger partial charge in [-0.15, -0.1) is 0 Å². The molecular weight excluding hydrogens is 228 g/mol. The number of aryl methyl sites for hydroxylation is 1. The van der Waals surface area contributed by atoms with E-state index in [1.807, 2.05) is 0 Å². The number of hydrogen-bond donors (Lipinski definition) is 3. The first-order chi connectivity index (χ1) is 7.61. The van der Waals surface area contributed by atoms with Gasteiger partial charge in [0.1, 0.15) is 5.82 Å². The van der Waals surface area contributed by atoms with Crippen LogP contribution in [0.15, 0.2) is 23.0 Å². The monoisotopic (exact) mass is 238 g/mol. The molecule has 0 spiro atoms. The molecule has 0 atom stereocenters. The number of fused-ring (bicyclic) bond motifs is 1. The van der Waals surface area contributed by atoms with Crippen molar-refractivity contribution in [3.05, 3.63) is 34.4 Å². The van der Waals surface area contributed by atoms with Crippen molar-refractivity contribution in [2.24, 2.45) is 5.14 Å². The lowest BCUT2D eigenvalue weighted by Gasteiger charge is -2.12. The Morgan fingerprint density at radius 3 is 3.00 bits per heavy atom. The van der Waals surface area contributed by atoms with Gasteiger partial charge in [-0.3, -0.25) is 15.1 Å². The molecule has 0 amide bonds. The first-order valence-electron chi connectivity index (χ1n) is 4.48. The van der Waals surface area contributed by atoms with Gasteiger partial charge < -0.3 is 4.98 Å². The highest BCUT2D eigenvalue weighted by molar-refractivity contribution is 7.98. The maximum atomic E-state index is 11.5. The third kappa shape index (κ3) is 1.87. The van der Waals surface area contributed by atoms with Crippen molar-refractivity contribution in [1.29, 1.82) is 0 Å². The highest BCUT2D eigenvalue weighted by Crippen LogP contribution is 2.20. The number of rotatable bonds is 2. The zero-order valence-corrected chi connectivity index (χ0v) is 9.28. The molecule has 0 aliphatic carbocycles. The van der Waals surface area contributed by atoms with Crippen LogP contribution in [-0.4, -0.2) is 15.2 Å². The second-order valence-electron chi connectivity index (χ2n) is 3.23. The van der Waals surface area contributed by atoms with E-state index in [1.165, 1.54) is 0 Å². The number of nitrogens with two attached hydrogens (primary N) is 1. The Kier molecular flexibility index (Phi) is 2.82. The molecule has 1 heterocycles. The molecule has 0 fully saturated rings. The van der Waals surface area contributed by atoms with Gasteiger partial charge in [-0.1, -0.05) is 0 Å². The van der Waals surface area contributed by atoms with Gasteiger partial charge in [0.25, 0.3) is 5.56 Å². The van der Waals surface area contributed by atoms with Crippen LogP contribution in [0, 0.1) is 6.92 Å². The number of aromatic nitrogens is 2. The molecule has 6 nitrogen and oxygen atoms in total. The molecule has 84 valence electrons. The van der Waals surface area contributed by atoms with Crippen molar-refractivity contribution in [3.8, 4) is 0 Å². The average Bonchev–Trinajstić information content (AvgIpc) is 2.27. The first kappa shape index (κ1) is 10.9. The molecule has 1 aromatic heterocycles. The van der Waals surface area contributed by atoms with Crippen LogP contribution in [0.1, 0.15) is 5.82 Å². The van der Waals surface area contributed by atoms with Gasteiger partial charge in [0.2, 0.25) is 0 Å². The van der Waals surface area contributed by atoms with Gasteiger partial charge in [-0.2, -0.15) is 4.47 Å². The van der Waals surface area contributed by atoms with E-state index in [0.29, 0.717) is 34.5 Å². The van der Waals surface area contributed by atoms with Crippen LogP contribution in [0.25, 0.3) is 10.9 Å². The lowest BCUT2D eigenvalue weighted by molar-refractivity contribution is 0.332. The van der Waals surface area contributed by atoms with E-state index >= 15 is 0 Å². The Morgan fingerprint density at radius 1 is 1.56 bits per heavy atom. The average molecular weight is 238 g/mol. The van der Waals surface area contributed by atoms with Gasteiger partial charge in [0.05, 0.1) is 28.7 Å². The third-order valence-corrected chi connectivity index (χ3v) is 2.54. The van der Waals surface area contributed by atoms with E-state index < -0.39 is 0 Å². The molecule has 2 rings (SSSR count). The SMILES string of the molecule is Cc1nc2cc(N(O)SN)ccc2c(=O)[nH]1. The first-order valence-corrected chi connectivity index (χ1v) is 5.32. The Balaban J connectivity index is 2.66. The Bertz CT molecular complexity index is 583. The molecule has 7 heteroatoms. The van der Waals surface area contributed by atoms with E-state index in [0.717, 1.165) is 4.47 Å². The molecule has 16 heavy (non-hydrogen) atoms. The second-order valence-corrected chi connectivity index (χ2v) is 3.79. The summed E-state index contributed by atoms with van der Waals surface area (Å²) >= 11 is 0.670. The standard InChI is InChI=1S/C9H10N4O2S/c1-5-11-8-4-6(13(15)16-10)2-3-7(8)9(14)12-5/h2-4,15H,10H2,1H3,(H,11,12,14). The summed E-state index contributed by atoms with van der Waals surface area (Å²) in [6.07, 6.45) is 0. The summed E-state index contributed by atoms with van der Waals surface area (Å²) < 4.78 is 0.803. The van der Waals surface area contributed by atoms with Crippen molar-refractivity contribution < 1.29 is 5.21 Å². The van der Waals surface area contributed by atoms with E-state index in [-0.39, 0.29) is 5.56 Å². The normalized spacial score (nSPS) is 10.7. The highest BCUT2D eigenvalue weighted by atomic mass is 32.2. The zero-order chi connectivity index (χ0) is 11.7. The number of hydrogen-bond acceptors (Lipinski definition) is 6. The quantitative estimate of drug-likeness (QED) is 0.532. The summed E-state index contributed by atoms with van der Waals surface area (Å²) in [4.78, 5) is 18.3. The second kappa shape index (κ2) is 4.12. The van der Waals surface area contributed by atoms with Crippen LogP contribution in [0.5, 0.6) is 0 Å². The van der Waals surface area contributed by atoms with Gasteiger partial charge in [0, 0.05) is 0 Å². The largest absolute Gasteiger partial charge is 0.310 e. The van der Waals surface area contributed by atoms with E-state index in [9.17, 15) is 10.0 Å². The van der Waals surface area contributed by atoms with Crippen LogP contribution < -0.4 is 15.2 Å². The summed E-state index contributed by atoms with van der Waals surface area (Å²) in [5.74, 6) is 0.527. The van der Waals surface area contributed by atoms with Gasteiger partial charge in [0.15, 0.2) is 0 Å². The van der Waals surface area contributed by atoms with Crippen LogP contribution in [-0.2, 0) is 0 Å². The number of benzene rings is 1. The minimum Gasteiger partial charge on any atom is -0.310 e. The maximum Gasteiger partial charge on any atom is 0.258 e. The fraction of sp³-hybridized carbons (Fsp3) is 0.111. The molecule has 0 saturated heterocycles. The molecule has 0 bridgehead atoms. The molecule has 0 saturated carbocycles. The minimum atomic E-state index is -0.195. The van der Waals surface area contributed by atoms with E-state index in [1.54, 1.807) is 25.1 Å². The molecule has 2 aromatic rings. The maximum absolute atomic E-state index is 11.5. The van der Waals surface area contributed by atoms with E-state index in [4.69, 9.17) is 5.14 Å². The van der Waals surface area contributed by atoms with Crippen molar-refractivity contribution in [1.82, 2.24) is 9.97 Å². The fourth-order valence-corrected chi connectivity index (χ4v) is 1.66. The Hall–Kier alpha value is -1.57. The summed E-state index contributed by atoms with van der Waals surface area (Å²) in [5.41, 5.74) is 0.795. The summed E-state index contributed by atoms with van der Waals surface area (Å²) in [7, 11) is 0. The van der Waals surface area contributed by atoms with Gasteiger partial charge in [-0.25, -0.2) is 4.98 Å². The molecule has 0 aliphatic rings. The van der Waals surface area contributed by atoms with Gasteiger partial charge in [-0.05, 0) is 25.1 Å². The number of nitrogens with one attached hydrogen (secondary N) is 1. The predicted molar refractivity (Wildman–Crippen MR) is 63.1 cm³/mol. The summed E-state index contributed by atoms with van der Waals surface area (Å²) in [6.45, 7) is 1.70. The van der Waals surface area contributed by atoms with Crippen molar-refractivity contribution >= 4 is 28.7 Å². The van der Waals surface area contributed by atoms with Crippen LogP contribution in [0.4, 0.5) is 5.69 Å². The molecule has 1 aromatic carbocycles. The van der Waals surface area contributed by atoms with Crippen LogP contribution in [0.3, 0.4) is 0 Å². The lowest BCUT2D eigenvalue weighted by Crippen LogP contribution is -2.13. The number of nitrogens with zero attached hydrogens (tertiary/aromatic N) is 2. The number of H-pyrrole nitrogens is 1. The summed E-state index contributed by atoms with van der Waals surface area (Å²) in [5, 5.41) is 15.1. The fourth-order valence-electron chi connectivity index (χ4n) is 1.42. The number of aromatic amines is 1. The highest BCUT2D eigenvalue weighted by Gasteiger charge is 2.06. The molecule has 0 aliphatic heterocycles. The Labute approximate surface area is 95.3 Å². The molecular formula is C9H10N4O2S. The molecule has 0 radical (unpaired) electrons. The summed E-state index contributed by atoms with van der Waals surface area (Å²) in [6, 6.07) is 4.78. The third-order valence-electron chi connectivity index (χ3n) is 2.13. The smallest absolute Gasteiger partial charge is 0.258 e. The molecule has 0 unspecified atom stereocenters. The Morgan fingerprint density at radius 2 is 2.31 bits per heavy atom. The van der Waals surface area contributed by atoms with Crippen molar-refractivity contribution in [2.45, 2.75) is 6.92 Å². The van der Waals surface area contributed by atoms with Crippen molar-refractivity contribution in [2.75, 3.05) is 4.47 Å². The number of anilines is 1. The topological polar surface area (TPSA) is 95.2 Å². The van der Waals surface area contributed by atoms with Crippen molar-refractivity contribution in [3.63, 3.8) is 0 Å². The zero-order valence-electron chi connectivity index (χ0n) is 8.47. The lowest BCUT2D eigenvalue weighted by atomic mass is 10.2. The van der Waals surface area contributed by atoms with E-state index in [2.05, 4.69) is 9.97 Å². The minimum absolute atomic E-state index is 0.195. The van der Waals surface area contributed by atoms with Crippen LogP contribution in [0.2, 0.25) is 0 Å². The van der Waals surface area contributed by atoms with Gasteiger partial charge >= 0.3 is 0 Å².